The molecule has 1 saturated heterocycles. The van der Waals surface area contributed by atoms with Crippen molar-refractivity contribution in [3.8, 4) is 5.82 Å². The highest BCUT2D eigenvalue weighted by atomic mass is 16.5. The van der Waals surface area contributed by atoms with Crippen LogP contribution >= 0.6 is 0 Å². The van der Waals surface area contributed by atoms with Crippen molar-refractivity contribution in [2.24, 2.45) is 0 Å². The predicted molar refractivity (Wildman–Crippen MR) is 81.5 cm³/mol. The molecular weight excluding hydrogens is 278 g/mol. The van der Waals surface area contributed by atoms with Gasteiger partial charge in [-0.25, -0.2) is 14.6 Å². The van der Waals surface area contributed by atoms with Gasteiger partial charge in [0.1, 0.15) is 12.7 Å². The number of pyridine rings is 1. The molecule has 116 valence electrons. The molecule has 2 aliphatic rings. The van der Waals surface area contributed by atoms with Crippen molar-refractivity contribution in [1.29, 1.82) is 0 Å². The Morgan fingerprint density at radius 1 is 1.36 bits per heavy atom. The molecule has 1 spiro atoms. The van der Waals surface area contributed by atoms with Crippen LogP contribution in [0.25, 0.3) is 5.82 Å². The third kappa shape index (κ3) is 2.53. The van der Waals surface area contributed by atoms with Crippen LogP contribution in [0.5, 0.6) is 0 Å². The second kappa shape index (κ2) is 5.78. The average Bonchev–Trinajstić information content (AvgIpc) is 3.29. The second-order valence-corrected chi connectivity index (χ2v) is 6.20. The van der Waals surface area contributed by atoms with Crippen LogP contribution in [0.3, 0.4) is 0 Å². The van der Waals surface area contributed by atoms with E-state index in [2.05, 4.69) is 26.4 Å². The lowest BCUT2D eigenvalue weighted by atomic mass is 9.92. The van der Waals surface area contributed by atoms with Crippen LogP contribution in [0.4, 0.5) is 0 Å². The molecule has 0 aromatic carbocycles. The van der Waals surface area contributed by atoms with E-state index in [0.29, 0.717) is 6.04 Å². The quantitative estimate of drug-likeness (QED) is 0.933. The van der Waals surface area contributed by atoms with E-state index < -0.39 is 0 Å². The Labute approximate surface area is 129 Å². The van der Waals surface area contributed by atoms with Crippen molar-refractivity contribution < 1.29 is 4.74 Å². The lowest BCUT2D eigenvalue weighted by Crippen LogP contribution is -2.45. The highest BCUT2D eigenvalue weighted by molar-refractivity contribution is 5.26. The van der Waals surface area contributed by atoms with Crippen molar-refractivity contribution in [2.75, 3.05) is 6.61 Å². The first-order chi connectivity index (χ1) is 10.9. The Morgan fingerprint density at radius 3 is 3.09 bits per heavy atom. The number of aromatic nitrogens is 4. The van der Waals surface area contributed by atoms with E-state index in [1.165, 1.54) is 37.6 Å². The molecule has 2 fully saturated rings. The zero-order valence-electron chi connectivity index (χ0n) is 12.6. The Hall–Kier alpha value is -1.79. The molecule has 1 aliphatic heterocycles. The summed E-state index contributed by atoms with van der Waals surface area (Å²) in [5.74, 6) is 0.801. The number of nitrogens with one attached hydrogen (secondary N) is 1. The van der Waals surface area contributed by atoms with E-state index in [4.69, 9.17) is 4.74 Å². The fraction of sp³-hybridized carbons (Fsp3) is 0.562. The Balaban J connectivity index is 1.44. The smallest absolute Gasteiger partial charge is 0.155 e. The molecule has 0 amide bonds. The molecule has 4 rings (SSSR count). The molecule has 2 aromatic rings. The van der Waals surface area contributed by atoms with Gasteiger partial charge in [0.05, 0.1) is 5.60 Å². The molecule has 1 aliphatic carbocycles. The number of ether oxygens (including phenoxy) is 1. The number of hydrogen-bond donors (Lipinski definition) is 1. The van der Waals surface area contributed by atoms with Crippen LogP contribution in [0.2, 0.25) is 0 Å². The van der Waals surface area contributed by atoms with E-state index >= 15 is 0 Å². The molecule has 6 nitrogen and oxygen atoms in total. The standard InChI is InChI=1S/C16H21N5O/c1-2-6-16(5-1)14(4-8-22-16)19-10-13-3-7-18-15(9-13)21-12-17-11-20-21/h3,7,9,11-12,14,19H,1-2,4-6,8,10H2. The van der Waals surface area contributed by atoms with Gasteiger partial charge < -0.3 is 10.1 Å². The highest BCUT2D eigenvalue weighted by Gasteiger charge is 2.45. The summed E-state index contributed by atoms with van der Waals surface area (Å²) in [6.07, 6.45) is 11.1. The second-order valence-electron chi connectivity index (χ2n) is 6.20. The van der Waals surface area contributed by atoms with Gasteiger partial charge in [-0.2, -0.15) is 5.10 Å². The summed E-state index contributed by atoms with van der Waals surface area (Å²) in [5.41, 5.74) is 1.31. The maximum absolute atomic E-state index is 6.09. The number of rotatable bonds is 4. The molecular formula is C16H21N5O. The summed E-state index contributed by atoms with van der Waals surface area (Å²) in [6.45, 7) is 1.72. The molecule has 1 unspecified atom stereocenters. The van der Waals surface area contributed by atoms with Crippen LogP contribution in [0, 0.1) is 0 Å². The van der Waals surface area contributed by atoms with Gasteiger partial charge in [-0.1, -0.05) is 12.8 Å². The fourth-order valence-corrected chi connectivity index (χ4v) is 3.76. The van der Waals surface area contributed by atoms with Gasteiger partial charge in [-0.15, -0.1) is 0 Å². The number of hydrogen-bond acceptors (Lipinski definition) is 5. The van der Waals surface area contributed by atoms with Gasteiger partial charge in [0.2, 0.25) is 0 Å². The SMILES string of the molecule is c1cc(CNC2CCOC23CCCC3)cc(-n2cncn2)n1. The zero-order valence-corrected chi connectivity index (χ0v) is 12.6. The average molecular weight is 299 g/mol. The van der Waals surface area contributed by atoms with Gasteiger partial charge in [0, 0.05) is 25.4 Å². The van der Waals surface area contributed by atoms with E-state index in [-0.39, 0.29) is 5.60 Å². The van der Waals surface area contributed by atoms with E-state index in [9.17, 15) is 0 Å². The van der Waals surface area contributed by atoms with Gasteiger partial charge in [-0.05, 0) is 37.0 Å². The third-order valence-corrected chi connectivity index (χ3v) is 4.90. The minimum Gasteiger partial charge on any atom is -0.373 e. The first-order valence-electron chi connectivity index (χ1n) is 8.03. The maximum Gasteiger partial charge on any atom is 0.155 e. The summed E-state index contributed by atoms with van der Waals surface area (Å²) >= 11 is 0. The normalized spacial score (nSPS) is 23.4. The molecule has 1 atom stereocenters. The summed E-state index contributed by atoms with van der Waals surface area (Å²) in [5, 5.41) is 7.83. The first-order valence-corrected chi connectivity index (χ1v) is 8.03. The Morgan fingerprint density at radius 2 is 2.27 bits per heavy atom. The van der Waals surface area contributed by atoms with Crippen molar-refractivity contribution in [2.45, 2.75) is 50.3 Å². The fourth-order valence-electron chi connectivity index (χ4n) is 3.76. The van der Waals surface area contributed by atoms with Crippen LogP contribution in [0.15, 0.2) is 31.0 Å². The van der Waals surface area contributed by atoms with E-state index in [0.717, 1.165) is 25.4 Å². The topological polar surface area (TPSA) is 64.9 Å². The minimum absolute atomic E-state index is 0.0990. The Kier molecular flexibility index (Phi) is 3.63. The third-order valence-electron chi connectivity index (χ3n) is 4.90. The first kappa shape index (κ1) is 13.8. The summed E-state index contributed by atoms with van der Waals surface area (Å²) in [4.78, 5) is 8.31. The lowest BCUT2D eigenvalue weighted by Gasteiger charge is -2.30. The van der Waals surface area contributed by atoms with Crippen molar-refractivity contribution >= 4 is 0 Å². The predicted octanol–water partition coefficient (Wildman–Crippen LogP) is 1.85. The lowest BCUT2D eigenvalue weighted by molar-refractivity contribution is -0.00484. The molecule has 3 heterocycles. The largest absolute Gasteiger partial charge is 0.373 e. The van der Waals surface area contributed by atoms with Crippen LogP contribution in [0.1, 0.15) is 37.7 Å². The minimum atomic E-state index is 0.0990. The summed E-state index contributed by atoms with van der Waals surface area (Å²) in [7, 11) is 0. The summed E-state index contributed by atoms with van der Waals surface area (Å²) < 4.78 is 7.77. The molecule has 1 saturated carbocycles. The van der Waals surface area contributed by atoms with E-state index in [1.807, 2.05) is 12.3 Å². The molecule has 1 N–H and O–H groups in total. The van der Waals surface area contributed by atoms with Gasteiger partial charge >= 0.3 is 0 Å². The highest BCUT2D eigenvalue weighted by Crippen LogP contribution is 2.41. The molecule has 6 heteroatoms. The molecule has 22 heavy (non-hydrogen) atoms. The molecule has 0 bridgehead atoms. The van der Waals surface area contributed by atoms with Gasteiger partial charge in [0.15, 0.2) is 5.82 Å². The Bertz CT molecular complexity index is 616. The van der Waals surface area contributed by atoms with Crippen LogP contribution in [-0.4, -0.2) is 38.0 Å². The van der Waals surface area contributed by atoms with Gasteiger partial charge in [-0.3, -0.25) is 0 Å². The van der Waals surface area contributed by atoms with Crippen molar-refractivity contribution in [3.05, 3.63) is 36.5 Å². The van der Waals surface area contributed by atoms with E-state index in [1.54, 1.807) is 11.0 Å². The zero-order chi connectivity index (χ0) is 14.8. The van der Waals surface area contributed by atoms with Gasteiger partial charge in [0.25, 0.3) is 0 Å². The van der Waals surface area contributed by atoms with Crippen molar-refractivity contribution in [3.63, 3.8) is 0 Å². The molecule has 0 radical (unpaired) electrons. The monoisotopic (exact) mass is 299 g/mol. The van der Waals surface area contributed by atoms with Crippen LogP contribution in [-0.2, 0) is 11.3 Å². The molecule has 2 aromatic heterocycles. The maximum atomic E-state index is 6.09. The van der Waals surface area contributed by atoms with Crippen LogP contribution < -0.4 is 5.32 Å². The summed E-state index contributed by atoms with van der Waals surface area (Å²) in [6, 6.07) is 4.57. The number of nitrogens with zero attached hydrogens (tertiary/aromatic N) is 4. The van der Waals surface area contributed by atoms with Crippen molar-refractivity contribution in [1.82, 2.24) is 25.1 Å².